The molecule has 1 N–H and O–H groups in total. The van der Waals surface area contributed by atoms with Crippen molar-refractivity contribution in [2.45, 2.75) is 52.2 Å². The maximum atomic E-state index is 11.4. The van der Waals surface area contributed by atoms with E-state index in [1.807, 2.05) is 32.5 Å². The average Bonchev–Trinajstić information content (AvgIpc) is 2.13. The predicted molar refractivity (Wildman–Crippen MR) is 70.9 cm³/mol. The van der Waals surface area contributed by atoms with Crippen molar-refractivity contribution in [2.75, 3.05) is 18.6 Å². The lowest BCUT2D eigenvalue weighted by Crippen LogP contribution is -2.33. The van der Waals surface area contributed by atoms with Crippen molar-refractivity contribution in [2.24, 2.45) is 0 Å². The molecule has 0 fully saturated rings. The lowest BCUT2D eigenvalue weighted by molar-refractivity contribution is -0.154. The zero-order valence-corrected chi connectivity index (χ0v) is 11.9. The SMILES string of the molecule is CCC(CSC)NCCC(=O)OC(C)(C)C. The summed E-state index contributed by atoms with van der Waals surface area (Å²) >= 11 is 1.82. The second-order valence-corrected chi connectivity index (χ2v) is 5.76. The number of thioether (sulfide) groups is 1. The van der Waals surface area contributed by atoms with Gasteiger partial charge in [-0.05, 0) is 33.4 Å². The van der Waals surface area contributed by atoms with Crippen molar-refractivity contribution < 1.29 is 9.53 Å². The molecule has 1 unspecified atom stereocenters. The Bertz CT molecular complexity index is 202. The average molecular weight is 247 g/mol. The van der Waals surface area contributed by atoms with Crippen molar-refractivity contribution in [1.29, 1.82) is 0 Å². The Kier molecular flexibility index (Phi) is 7.85. The van der Waals surface area contributed by atoms with E-state index in [1.165, 1.54) is 0 Å². The van der Waals surface area contributed by atoms with E-state index in [0.29, 0.717) is 19.0 Å². The normalized spacial score (nSPS) is 13.6. The smallest absolute Gasteiger partial charge is 0.307 e. The number of hydrogen-bond donors (Lipinski definition) is 1. The molecular formula is C12H25NO2S. The highest BCUT2D eigenvalue weighted by Crippen LogP contribution is 2.08. The first-order valence-electron chi connectivity index (χ1n) is 5.83. The summed E-state index contributed by atoms with van der Waals surface area (Å²) < 4.78 is 5.23. The Morgan fingerprint density at radius 2 is 2.06 bits per heavy atom. The van der Waals surface area contributed by atoms with Crippen LogP contribution in [0.4, 0.5) is 0 Å². The molecule has 0 rings (SSSR count). The largest absolute Gasteiger partial charge is 0.460 e. The summed E-state index contributed by atoms with van der Waals surface area (Å²) in [5.74, 6) is 0.962. The number of esters is 1. The fraction of sp³-hybridized carbons (Fsp3) is 0.917. The molecule has 0 aromatic carbocycles. The minimum absolute atomic E-state index is 0.126. The molecule has 0 bridgehead atoms. The Labute approximate surface area is 104 Å². The minimum Gasteiger partial charge on any atom is -0.460 e. The van der Waals surface area contributed by atoms with Gasteiger partial charge in [-0.15, -0.1) is 0 Å². The molecule has 0 aromatic heterocycles. The molecule has 0 spiro atoms. The van der Waals surface area contributed by atoms with Gasteiger partial charge in [0.05, 0.1) is 6.42 Å². The van der Waals surface area contributed by atoms with Crippen LogP contribution in [0.1, 0.15) is 40.5 Å². The van der Waals surface area contributed by atoms with Gasteiger partial charge in [0.15, 0.2) is 0 Å². The van der Waals surface area contributed by atoms with Gasteiger partial charge in [0, 0.05) is 18.3 Å². The van der Waals surface area contributed by atoms with Crippen molar-refractivity contribution in [3.05, 3.63) is 0 Å². The summed E-state index contributed by atoms with van der Waals surface area (Å²) in [5, 5.41) is 3.37. The van der Waals surface area contributed by atoms with Crippen LogP contribution in [0, 0.1) is 0 Å². The highest BCUT2D eigenvalue weighted by Gasteiger charge is 2.16. The molecule has 96 valence electrons. The van der Waals surface area contributed by atoms with E-state index in [1.54, 1.807) is 0 Å². The van der Waals surface area contributed by atoms with Gasteiger partial charge in [0.25, 0.3) is 0 Å². The van der Waals surface area contributed by atoms with Crippen LogP contribution in [0.3, 0.4) is 0 Å². The third-order valence-electron chi connectivity index (χ3n) is 2.04. The van der Waals surface area contributed by atoms with Crippen molar-refractivity contribution >= 4 is 17.7 Å². The third kappa shape index (κ3) is 9.04. The fourth-order valence-corrected chi connectivity index (χ4v) is 2.05. The van der Waals surface area contributed by atoms with Crippen molar-refractivity contribution in [3.8, 4) is 0 Å². The van der Waals surface area contributed by atoms with Gasteiger partial charge >= 0.3 is 5.97 Å². The molecule has 0 heterocycles. The maximum absolute atomic E-state index is 11.4. The molecule has 4 heteroatoms. The van der Waals surface area contributed by atoms with E-state index < -0.39 is 0 Å². The molecule has 0 saturated carbocycles. The van der Waals surface area contributed by atoms with Crippen LogP contribution < -0.4 is 5.32 Å². The Hall–Kier alpha value is -0.220. The Balaban J connectivity index is 3.68. The summed E-state index contributed by atoms with van der Waals surface area (Å²) in [5.41, 5.74) is -0.374. The molecule has 0 aliphatic carbocycles. The van der Waals surface area contributed by atoms with Gasteiger partial charge in [0.1, 0.15) is 5.60 Å². The van der Waals surface area contributed by atoms with Gasteiger partial charge < -0.3 is 10.1 Å². The van der Waals surface area contributed by atoms with Crippen LogP contribution in [0.25, 0.3) is 0 Å². The molecule has 3 nitrogen and oxygen atoms in total. The summed E-state index contributed by atoms with van der Waals surface area (Å²) in [6.45, 7) is 8.53. The number of carbonyl (C=O) groups is 1. The van der Waals surface area contributed by atoms with Gasteiger partial charge in [-0.3, -0.25) is 4.79 Å². The Morgan fingerprint density at radius 3 is 2.50 bits per heavy atom. The van der Waals surface area contributed by atoms with Crippen LogP contribution in [0.2, 0.25) is 0 Å². The summed E-state index contributed by atoms with van der Waals surface area (Å²) in [6.07, 6.45) is 3.63. The van der Waals surface area contributed by atoms with Gasteiger partial charge in [-0.2, -0.15) is 11.8 Å². The topological polar surface area (TPSA) is 38.3 Å². The monoisotopic (exact) mass is 247 g/mol. The first kappa shape index (κ1) is 15.8. The molecule has 0 aliphatic heterocycles. The van der Waals surface area contributed by atoms with Crippen LogP contribution >= 0.6 is 11.8 Å². The predicted octanol–water partition coefficient (Wildman–Crippen LogP) is 2.45. The van der Waals surface area contributed by atoms with E-state index in [0.717, 1.165) is 12.2 Å². The zero-order chi connectivity index (χ0) is 12.6. The standard InChI is InChI=1S/C12H25NO2S/c1-6-10(9-16-5)13-8-7-11(14)15-12(2,3)4/h10,13H,6-9H2,1-5H3. The first-order chi connectivity index (χ1) is 7.39. The third-order valence-corrected chi connectivity index (χ3v) is 2.78. The lowest BCUT2D eigenvalue weighted by Gasteiger charge is -2.20. The second kappa shape index (κ2) is 7.96. The summed E-state index contributed by atoms with van der Waals surface area (Å²) in [7, 11) is 0. The number of hydrogen-bond acceptors (Lipinski definition) is 4. The zero-order valence-electron chi connectivity index (χ0n) is 11.1. The lowest BCUT2D eigenvalue weighted by atomic mass is 10.2. The van der Waals surface area contributed by atoms with E-state index >= 15 is 0 Å². The number of nitrogens with one attached hydrogen (secondary N) is 1. The number of carbonyl (C=O) groups excluding carboxylic acids is 1. The van der Waals surface area contributed by atoms with Crippen molar-refractivity contribution in [3.63, 3.8) is 0 Å². The number of rotatable bonds is 7. The molecular weight excluding hydrogens is 222 g/mol. The molecule has 16 heavy (non-hydrogen) atoms. The molecule has 0 amide bonds. The molecule has 0 aliphatic rings. The highest BCUT2D eigenvalue weighted by molar-refractivity contribution is 7.98. The first-order valence-corrected chi connectivity index (χ1v) is 7.22. The van der Waals surface area contributed by atoms with E-state index in [4.69, 9.17) is 4.74 Å². The van der Waals surface area contributed by atoms with Gasteiger partial charge in [0.2, 0.25) is 0 Å². The van der Waals surface area contributed by atoms with Crippen LogP contribution in [0.15, 0.2) is 0 Å². The van der Waals surface area contributed by atoms with Crippen LogP contribution in [0.5, 0.6) is 0 Å². The van der Waals surface area contributed by atoms with Crippen LogP contribution in [-0.4, -0.2) is 36.2 Å². The molecule has 1 atom stereocenters. The molecule has 0 radical (unpaired) electrons. The van der Waals surface area contributed by atoms with Gasteiger partial charge in [-0.1, -0.05) is 6.92 Å². The number of ether oxygens (including phenoxy) is 1. The van der Waals surface area contributed by atoms with Crippen molar-refractivity contribution in [1.82, 2.24) is 5.32 Å². The summed E-state index contributed by atoms with van der Waals surface area (Å²) in [6, 6.07) is 0.498. The summed E-state index contributed by atoms with van der Waals surface area (Å²) in [4.78, 5) is 11.4. The molecule has 0 saturated heterocycles. The van der Waals surface area contributed by atoms with E-state index in [9.17, 15) is 4.79 Å². The maximum Gasteiger partial charge on any atom is 0.307 e. The highest BCUT2D eigenvalue weighted by atomic mass is 32.2. The quantitative estimate of drug-likeness (QED) is 0.701. The van der Waals surface area contributed by atoms with E-state index in [-0.39, 0.29) is 11.6 Å². The minimum atomic E-state index is -0.374. The second-order valence-electron chi connectivity index (χ2n) is 4.85. The molecule has 0 aromatic rings. The van der Waals surface area contributed by atoms with Crippen LogP contribution in [-0.2, 0) is 9.53 Å². The Morgan fingerprint density at radius 1 is 1.44 bits per heavy atom. The fourth-order valence-electron chi connectivity index (χ4n) is 1.29. The van der Waals surface area contributed by atoms with E-state index in [2.05, 4.69) is 18.5 Å². The van der Waals surface area contributed by atoms with Gasteiger partial charge in [-0.25, -0.2) is 0 Å².